The second kappa shape index (κ2) is 11.7. The van der Waals surface area contributed by atoms with Gasteiger partial charge in [0.1, 0.15) is 0 Å². The van der Waals surface area contributed by atoms with E-state index in [2.05, 4.69) is 86.0 Å². The van der Waals surface area contributed by atoms with Gasteiger partial charge in [-0.15, -0.1) is 0 Å². The number of rotatable bonds is 10. The predicted molar refractivity (Wildman–Crippen MR) is 133 cm³/mol. The fourth-order valence-electron chi connectivity index (χ4n) is 4.20. The summed E-state index contributed by atoms with van der Waals surface area (Å²) in [5.74, 6) is 1.42. The molecule has 1 amide bonds. The van der Waals surface area contributed by atoms with Crippen LogP contribution < -0.4 is 10.6 Å². The van der Waals surface area contributed by atoms with Crippen LogP contribution in [0.25, 0.3) is 0 Å². The minimum Gasteiger partial charge on any atom is -0.357 e. The molecule has 0 bridgehead atoms. The van der Waals surface area contributed by atoms with Crippen molar-refractivity contribution in [1.82, 2.24) is 15.5 Å². The Morgan fingerprint density at radius 2 is 1.69 bits per heavy atom. The first kappa shape index (κ1) is 23.8. The number of nitrogens with zero attached hydrogens (tertiary/aromatic N) is 2. The summed E-state index contributed by atoms with van der Waals surface area (Å²) in [4.78, 5) is 19.3. The van der Waals surface area contributed by atoms with E-state index in [9.17, 15) is 4.79 Å². The fourth-order valence-corrected chi connectivity index (χ4v) is 4.20. The summed E-state index contributed by atoms with van der Waals surface area (Å²) in [6.45, 7) is 10.5. The van der Waals surface area contributed by atoms with E-state index >= 15 is 0 Å². The lowest BCUT2D eigenvalue weighted by Gasteiger charge is -2.24. The lowest BCUT2D eigenvalue weighted by atomic mass is 9.86. The third-order valence-corrected chi connectivity index (χ3v) is 5.90. The summed E-state index contributed by atoms with van der Waals surface area (Å²) in [7, 11) is 0. The molecule has 0 aromatic heterocycles. The topological polar surface area (TPSA) is 56.7 Å². The molecular formula is C27H38N4O. The van der Waals surface area contributed by atoms with E-state index in [0.29, 0.717) is 12.3 Å². The standard InChI is InChI=1S/C27H38N4O/c1-4-28-26(30-21-27(2,3)18-23-13-9-6-10-14-23)29-19-24-17-25(32)31(20-24)16-15-22-11-7-5-8-12-22/h5-14,24H,4,15-21H2,1-3H3,(H2,28,29,30). The van der Waals surface area contributed by atoms with Crippen molar-refractivity contribution in [3.8, 4) is 0 Å². The molecule has 1 atom stereocenters. The Labute approximate surface area is 193 Å². The first-order chi connectivity index (χ1) is 15.4. The molecule has 5 heteroatoms. The number of carbonyl (C=O) groups is 1. The molecule has 32 heavy (non-hydrogen) atoms. The molecule has 2 N–H and O–H groups in total. The molecule has 0 spiro atoms. The van der Waals surface area contributed by atoms with Gasteiger partial charge in [-0.05, 0) is 36.3 Å². The average Bonchev–Trinajstić information content (AvgIpc) is 3.15. The van der Waals surface area contributed by atoms with Crippen molar-refractivity contribution in [3.05, 3.63) is 71.8 Å². The number of guanidine groups is 1. The summed E-state index contributed by atoms with van der Waals surface area (Å²) in [6, 6.07) is 21.0. The highest BCUT2D eigenvalue weighted by Gasteiger charge is 2.29. The molecule has 1 saturated heterocycles. The molecule has 2 aromatic carbocycles. The Morgan fingerprint density at radius 1 is 1.03 bits per heavy atom. The van der Waals surface area contributed by atoms with E-state index in [4.69, 9.17) is 4.99 Å². The highest BCUT2D eigenvalue weighted by atomic mass is 16.2. The molecule has 172 valence electrons. The molecule has 0 radical (unpaired) electrons. The van der Waals surface area contributed by atoms with Gasteiger partial charge in [0.25, 0.3) is 0 Å². The molecule has 5 nitrogen and oxygen atoms in total. The second-order valence-corrected chi connectivity index (χ2v) is 9.55. The van der Waals surface area contributed by atoms with E-state index in [1.165, 1.54) is 11.1 Å². The lowest BCUT2D eigenvalue weighted by molar-refractivity contribution is -0.127. The largest absolute Gasteiger partial charge is 0.357 e. The van der Waals surface area contributed by atoms with Crippen LogP contribution in [-0.2, 0) is 17.6 Å². The van der Waals surface area contributed by atoms with Crippen LogP contribution in [0.1, 0.15) is 38.3 Å². The van der Waals surface area contributed by atoms with Gasteiger partial charge in [-0.25, -0.2) is 0 Å². The van der Waals surface area contributed by atoms with Crippen molar-refractivity contribution < 1.29 is 4.79 Å². The second-order valence-electron chi connectivity index (χ2n) is 9.55. The lowest BCUT2D eigenvalue weighted by Crippen LogP contribution is -2.41. The van der Waals surface area contributed by atoms with Crippen molar-refractivity contribution in [2.75, 3.05) is 32.7 Å². The van der Waals surface area contributed by atoms with Gasteiger partial charge in [-0.3, -0.25) is 9.79 Å². The van der Waals surface area contributed by atoms with Gasteiger partial charge in [0.05, 0.1) is 0 Å². The number of benzene rings is 2. The third kappa shape index (κ3) is 7.70. The van der Waals surface area contributed by atoms with Crippen LogP contribution in [0.5, 0.6) is 0 Å². The molecule has 0 aliphatic carbocycles. The molecule has 1 heterocycles. The number of hydrogen-bond donors (Lipinski definition) is 2. The monoisotopic (exact) mass is 434 g/mol. The Hall–Kier alpha value is -2.82. The van der Waals surface area contributed by atoms with Gasteiger partial charge < -0.3 is 15.5 Å². The minimum atomic E-state index is 0.0707. The van der Waals surface area contributed by atoms with E-state index in [-0.39, 0.29) is 11.3 Å². The molecule has 0 saturated carbocycles. The number of amides is 1. The quantitative estimate of drug-likeness (QED) is 0.440. The summed E-state index contributed by atoms with van der Waals surface area (Å²) < 4.78 is 0. The molecule has 1 aliphatic rings. The Kier molecular flexibility index (Phi) is 8.72. The molecule has 2 aromatic rings. The zero-order valence-electron chi connectivity index (χ0n) is 19.8. The van der Waals surface area contributed by atoms with Crippen LogP contribution in [0.2, 0.25) is 0 Å². The Bertz CT molecular complexity index is 864. The highest BCUT2D eigenvalue weighted by molar-refractivity contribution is 5.81. The van der Waals surface area contributed by atoms with Gasteiger partial charge in [-0.2, -0.15) is 0 Å². The van der Waals surface area contributed by atoms with Crippen molar-refractivity contribution in [2.45, 2.75) is 40.0 Å². The SMILES string of the molecule is CCNC(=NCC(C)(C)Cc1ccccc1)NCC1CC(=O)N(CCc2ccccc2)C1. The van der Waals surface area contributed by atoms with Crippen LogP contribution in [0.15, 0.2) is 65.7 Å². The summed E-state index contributed by atoms with van der Waals surface area (Å²) in [5, 5.41) is 6.83. The van der Waals surface area contributed by atoms with Crippen LogP contribution in [0.3, 0.4) is 0 Å². The van der Waals surface area contributed by atoms with Crippen LogP contribution >= 0.6 is 0 Å². The Balaban J connectivity index is 1.47. The number of nitrogens with one attached hydrogen (secondary N) is 2. The normalized spacial score (nSPS) is 17.0. The minimum absolute atomic E-state index is 0.0707. The number of hydrogen-bond acceptors (Lipinski definition) is 2. The summed E-state index contributed by atoms with van der Waals surface area (Å²) in [5.41, 5.74) is 2.69. The van der Waals surface area contributed by atoms with Crippen LogP contribution in [0, 0.1) is 11.3 Å². The average molecular weight is 435 g/mol. The first-order valence-corrected chi connectivity index (χ1v) is 11.8. The molecule has 1 fully saturated rings. The first-order valence-electron chi connectivity index (χ1n) is 11.8. The summed E-state index contributed by atoms with van der Waals surface area (Å²) >= 11 is 0. The maximum atomic E-state index is 12.5. The smallest absolute Gasteiger partial charge is 0.223 e. The zero-order chi connectivity index (χ0) is 22.8. The van der Waals surface area contributed by atoms with E-state index in [0.717, 1.165) is 51.5 Å². The van der Waals surface area contributed by atoms with Gasteiger partial charge in [0, 0.05) is 45.1 Å². The zero-order valence-corrected chi connectivity index (χ0v) is 19.8. The van der Waals surface area contributed by atoms with E-state index in [1.54, 1.807) is 0 Å². The maximum absolute atomic E-state index is 12.5. The van der Waals surface area contributed by atoms with Crippen molar-refractivity contribution in [2.24, 2.45) is 16.3 Å². The Morgan fingerprint density at radius 3 is 2.34 bits per heavy atom. The fraction of sp³-hybridized carbons (Fsp3) is 0.481. The van der Waals surface area contributed by atoms with Crippen molar-refractivity contribution >= 4 is 11.9 Å². The highest BCUT2D eigenvalue weighted by Crippen LogP contribution is 2.22. The van der Waals surface area contributed by atoms with Crippen LogP contribution in [0.4, 0.5) is 0 Å². The van der Waals surface area contributed by atoms with Crippen molar-refractivity contribution in [3.63, 3.8) is 0 Å². The number of aliphatic imine (C=N–C) groups is 1. The third-order valence-electron chi connectivity index (χ3n) is 5.90. The van der Waals surface area contributed by atoms with Gasteiger partial charge >= 0.3 is 0 Å². The van der Waals surface area contributed by atoms with Crippen molar-refractivity contribution in [1.29, 1.82) is 0 Å². The van der Waals surface area contributed by atoms with Gasteiger partial charge in [0.15, 0.2) is 5.96 Å². The van der Waals surface area contributed by atoms with Gasteiger partial charge in [-0.1, -0.05) is 74.5 Å². The molecular weight excluding hydrogens is 396 g/mol. The van der Waals surface area contributed by atoms with E-state index < -0.39 is 0 Å². The van der Waals surface area contributed by atoms with Crippen LogP contribution in [-0.4, -0.2) is 49.5 Å². The molecule has 3 rings (SSSR count). The molecule has 1 unspecified atom stereocenters. The molecule has 1 aliphatic heterocycles. The predicted octanol–water partition coefficient (Wildman–Crippen LogP) is 3.90. The number of carbonyl (C=O) groups excluding carboxylic acids is 1. The van der Waals surface area contributed by atoms with Gasteiger partial charge in [0.2, 0.25) is 5.91 Å². The summed E-state index contributed by atoms with van der Waals surface area (Å²) in [6.07, 6.45) is 2.51. The maximum Gasteiger partial charge on any atom is 0.223 e. The van der Waals surface area contributed by atoms with E-state index in [1.807, 2.05) is 11.0 Å². The number of likely N-dealkylation sites (tertiary alicyclic amines) is 1.